The lowest BCUT2D eigenvalue weighted by Gasteiger charge is -2.07. The predicted molar refractivity (Wildman–Crippen MR) is 72.0 cm³/mol. The number of hydrogen-bond donors (Lipinski definition) is 1. The number of aromatic nitrogens is 2. The van der Waals surface area contributed by atoms with Crippen LogP contribution in [0.4, 0.5) is 0 Å². The van der Waals surface area contributed by atoms with Gasteiger partial charge in [0, 0.05) is 13.0 Å². The van der Waals surface area contributed by atoms with Gasteiger partial charge in [-0.25, -0.2) is 4.98 Å². The van der Waals surface area contributed by atoms with Crippen molar-refractivity contribution in [1.82, 2.24) is 9.55 Å². The van der Waals surface area contributed by atoms with Crippen molar-refractivity contribution in [2.24, 2.45) is 5.73 Å². The Bertz CT molecular complexity index is 473. The van der Waals surface area contributed by atoms with Crippen LogP contribution in [0, 0.1) is 0 Å². The zero-order valence-electron chi connectivity index (χ0n) is 10.5. The SMILES string of the molecule is CCCn1c(CCCCN)nc2ccccc21. The second kappa shape index (κ2) is 5.82. The first-order valence-corrected chi connectivity index (χ1v) is 6.51. The molecule has 0 aliphatic rings. The van der Waals surface area contributed by atoms with E-state index >= 15 is 0 Å². The molecule has 3 nitrogen and oxygen atoms in total. The normalized spacial score (nSPS) is 11.2. The van der Waals surface area contributed by atoms with Crippen LogP contribution in [-0.4, -0.2) is 16.1 Å². The molecule has 1 aromatic carbocycles. The van der Waals surface area contributed by atoms with Gasteiger partial charge in [-0.15, -0.1) is 0 Å². The molecule has 1 heterocycles. The molecular formula is C14H21N3. The zero-order valence-corrected chi connectivity index (χ0v) is 10.5. The van der Waals surface area contributed by atoms with Crippen LogP contribution >= 0.6 is 0 Å². The Labute approximate surface area is 103 Å². The number of imidazole rings is 1. The molecule has 0 amide bonds. The Kier molecular flexibility index (Phi) is 4.15. The van der Waals surface area contributed by atoms with E-state index in [0.29, 0.717) is 0 Å². The van der Waals surface area contributed by atoms with Gasteiger partial charge in [-0.2, -0.15) is 0 Å². The third-order valence-corrected chi connectivity index (χ3v) is 3.04. The van der Waals surface area contributed by atoms with E-state index in [-0.39, 0.29) is 0 Å². The van der Waals surface area contributed by atoms with Gasteiger partial charge in [0.1, 0.15) is 5.82 Å². The molecule has 2 aromatic rings. The standard InChI is InChI=1S/C14H21N3/c1-2-11-17-13-8-4-3-7-12(13)16-14(17)9-5-6-10-15/h3-4,7-8H,2,5-6,9-11,15H2,1H3. The summed E-state index contributed by atoms with van der Waals surface area (Å²) in [7, 11) is 0. The first-order chi connectivity index (χ1) is 8.36. The largest absolute Gasteiger partial charge is 0.330 e. The minimum absolute atomic E-state index is 0.772. The number of para-hydroxylation sites is 2. The average molecular weight is 231 g/mol. The van der Waals surface area contributed by atoms with E-state index in [1.165, 1.54) is 11.3 Å². The van der Waals surface area contributed by atoms with Crippen LogP contribution in [0.1, 0.15) is 32.0 Å². The highest BCUT2D eigenvalue weighted by atomic mass is 15.1. The van der Waals surface area contributed by atoms with Crippen molar-refractivity contribution in [1.29, 1.82) is 0 Å². The zero-order chi connectivity index (χ0) is 12.1. The Morgan fingerprint density at radius 2 is 2.06 bits per heavy atom. The highest BCUT2D eigenvalue weighted by Gasteiger charge is 2.08. The lowest BCUT2D eigenvalue weighted by atomic mass is 10.2. The van der Waals surface area contributed by atoms with Crippen LogP contribution in [-0.2, 0) is 13.0 Å². The maximum Gasteiger partial charge on any atom is 0.109 e. The summed E-state index contributed by atoms with van der Waals surface area (Å²) >= 11 is 0. The van der Waals surface area contributed by atoms with Gasteiger partial charge in [0.25, 0.3) is 0 Å². The van der Waals surface area contributed by atoms with Crippen molar-refractivity contribution < 1.29 is 0 Å². The molecule has 0 fully saturated rings. The first kappa shape index (κ1) is 12.1. The molecule has 0 spiro atoms. The van der Waals surface area contributed by atoms with Crippen LogP contribution in [0.25, 0.3) is 11.0 Å². The van der Waals surface area contributed by atoms with E-state index in [1.54, 1.807) is 0 Å². The summed E-state index contributed by atoms with van der Waals surface area (Å²) in [5.74, 6) is 1.21. The summed E-state index contributed by atoms with van der Waals surface area (Å²) in [5.41, 5.74) is 7.91. The maximum absolute atomic E-state index is 5.54. The molecule has 17 heavy (non-hydrogen) atoms. The quantitative estimate of drug-likeness (QED) is 0.777. The molecule has 1 aromatic heterocycles. The van der Waals surface area contributed by atoms with Gasteiger partial charge in [0.2, 0.25) is 0 Å². The van der Waals surface area contributed by atoms with Crippen molar-refractivity contribution in [3.05, 3.63) is 30.1 Å². The summed E-state index contributed by atoms with van der Waals surface area (Å²) in [5, 5.41) is 0. The van der Waals surface area contributed by atoms with Crippen LogP contribution in [0.5, 0.6) is 0 Å². The van der Waals surface area contributed by atoms with Gasteiger partial charge in [-0.3, -0.25) is 0 Å². The molecule has 0 radical (unpaired) electrons. The average Bonchev–Trinajstić information content (AvgIpc) is 2.69. The molecule has 3 heteroatoms. The summed E-state index contributed by atoms with van der Waals surface area (Å²) in [6.07, 6.45) is 4.38. The molecule has 2 rings (SSSR count). The Morgan fingerprint density at radius 3 is 2.82 bits per heavy atom. The Hall–Kier alpha value is -1.35. The molecule has 0 bridgehead atoms. The molecule has 2 N–H and O–H groups in total. The van der Waals surface area contributed by atoms with Crippen LogP contribution in [0.3, 0.4) is 0 Å². The minimum Gasteiger partial charge on any atom is -0.330 e. The molecule has 0 saturated heterocycles. The number of nitrogens with zero attached hydrogens (tertiary/aromatic N) is 2. The van der Waals surface area contributed by atoms with Crippen LogP contribution in [0.2, 0.25) is 0 Å². The van der Waals surface area contributed by atoms with E-state index in [4.69, 9.17) is 10.7 Å². The number of benzene rings is 1. The summed E-state index contributed by atoms with van der Waals surface area (Å²) in [6.45, 7) is 4.03. The number of fused-ring (bicyclic) bond motifs is 1. The van der Waals surface area contributed by atoms with E-state index in [9.17, 15) is 0 Å². The van der Waals surface area contributed by atoms with Crippen molar-refractivity contribution >= 4 is 11.0 Å². The van der Waals surface area contributed by atoms with E-state index < -0.39 is 0 Å². The number of hydrogen-bond acceptors (Lipinski definition) is 2. The lowest BCUT2D eigenvalue weighted by Crippen LogP contribution is -2.05. The third kappa shape index (κ3) is 2.67. The monoisotopic (exact) mass is 231 g/mol. The van der Waals surface area contributed by atoms with Crippen LogP contribution < -0.4 is 5.73 Å². The smallest absolute Gasteiger partial charge is 0.109 e. The van der Waals surface area contributed by atoms with E-state index in [1.807, 2.05) is 0 Å². The molecule has 92 valence electrons. The summed E-state index contributed by atoms with van der Waals surface area (Å²) in [4.78, 5) is 4.73. The summed E-state index contributed by atoms with van der Waals surface area (Å²) < 4.78 is 2.35. The van der Waals surface area contributed by atoms with Gasteiger partial charge >= 0.3 is 0 Å². The van der Waals surface area contributed by atoms with Crippen molar-refractivity contribution in [2.45, 2.75) is 39.2 Å². The van der Waals surface area contributed by atoms with Crippen molar-refractivity contribution in [3.8, 4) is 0 Å². The van der Waals surface area contributed by atoms with Gasteiger partial charge < -0.3 is 10.3 Å². The highest BCUT2D eigenvalue weighted by molar-refractivity contribution is 5.75. The molecule has 0 saturated carbocycles. The number of aryl methyl sites for hydroxylation is 2. The minimum atomic E-state index is 0.772. The van der Waals surface area contributed by atoms with Gasteiger partial charge in [-0.1, -0.05) is 19.1 Å². The Balaban J connectivity index is 2.29. The number of nitrogens with two attached hydrogens (primary N) is 1. The van der Waals surface area contributed by atoms with Gasteiger partial charge in [0.05, 0.1) is 11.0 Å². The highest BCUT2D eigenvalue weighted by Crippen LogP contribution is 2.17. The van der Waals surface area contributed by atoms with E-state index in [2.05, 4.69) is 35.8 Å². The third-order valence-electron chi connectivity index (χ3n) is 3.04. The first-order valence-electron chi connectivity index (χ1n) is 6.51. The molecular weight excluding hydrogens is 210 g/mol. The topological polar surface area (TPSA) is 43.8 Å². The fourth-order valence-corrected chi connectivity index (χ4v) is 2.22. The maximum atomic E-state index is 5.54. The molecule has 0 aliphatic carbocycles. The summed E-state index contributed by atoms with van der Waals surface area (Å²) in [6, 6.07) is 8.38. The van der Waals surface area contributed by atoms with Gasteiger partial charge in [0.15, 0.2) is 0 Å². The fraction of sp³-hybridized carbons (Fsp3) is 0.500. The number of unbranched alkanes of at least 4 members (excludes halogenated alkanes) is 1. The molecule has 0 atom stereocenters. The second-order valence-corrected chi connectivity index (χ2v) is 4.41. The van der Waals surface area contributed by atoms with Crippen molar-refractivity contribution in [3.63, 3.8) is 0 Å². The molecule has 0 unspecified atom stereocenters. The predicted octanol–water partition coefficient (Wildman–Crippen LogP) is 2.73. The second-order valence-electron chi connectivity index (χ2n) is 4.41. The van der Waals surface area contributed by atoms with E-state index in [0.717, 1.165) is 44.3 Å². The lowest BCUT2D eigenvalue weighted by molar-refractivity contribution is 0.627. The van der Waals surface area contributed by atoms with Crippen molar-refractivity contribution in [2.75, 3.05) is 6.54 Å². The number of rotatable bonds is 6. The Morgan fingerprint density at radius 1 is 1.24 bits per heavy atom. The molecule has 0 aliphatic heterocycles. The van der Waals surface area contributed by atoms with Gasteiger partial charge in [-0.05, 0) is 37.9 Å². The fourth-order valence-electron chi connectivity index (χ4n) is 2.22. The van der Waals surface area contributed by atoms with Crippen LogP contribution in [0.15, 0.2) is 24.3 Å².